The fraction of sp³-hybridized carbons (Fsp3) is 0.440. The van der Waals surface area contributed by atoms with E-state index >= 15 is 0 Å². The molecule has 0 spiro atoms. The van der Waals surface area contributed by atoms with Gasteiger partial charge in [-0.2, -0.15) is 0 Å². The summed E-state index contributed by atoms with van der Waals surface area (Å²) in [5, 5.41) is 0. The lowest BCUT2D eigenvalue weighted by atomic mass is 10.1. The average molecular weight is 570 g/mol. The predicted octanol–water partition coefficient (Wildman–Crippen LogP) is 5.93. The van der Waals surface area contributed by atoms with Gasteiger partial charge in [0, 0.05) is 33.4 Å². The molecule has 0 unspecified atom stereocenters. The number of ether oxygens (including phenoxy) is 3. The first-order chi connectivity index (χ1) is 15.8. The van der Waals surface area contributed by atoms with Crippen LogP contribution in [0.3, 0.4) is 0 Å². The molecule has 0 amide bonds. The minimum Gasteiger partial charge on any atom is -0.422 e. The highest BCUT2D eigenvalue weighted by Gasteiger charge is 2.42. The molecule has 8 heteroatoms. The van der Waals surface area contributed by atoms with Gasteiger partial charge in [0.15, 0.2) is 5.92 Å². The molecular formula is C25H35IN2O5. The monoisotopic (exact) mass is 570 g/mol. The van der Waals surface area contributed by atoms with Gasteiger partial charge in [0.05, 0.1) is 18.5 Å². The van der Waals surface area contributed by atoms with Crippen LogP contribution in [-0.4, -0.2) is 40.5 Å². The van der Waals surface area contributed by atoms with Gasteiger partial charge < -0.3 is 14.2 Å². The molecule has 0 radical (unpaired) electrons. The molecule has 0 N–H and O–H groups in total. The topological polar surface area (TPSA) is 87.1 Å². The van der Waals surface area contributed by atoms with Crippen LogP contribution in [0.1, 0.15) is 46.6 Å². The summed E-state index contributed by atoms with van der Waals surface area (Å²) in [5.41, 5.74) is 1.77. The van der Waals surface area contributed by atoms with Crippen LogP contribution in [-0.2, 0) is 30.4 Å². The number of cyclic esters (lactones) is 2. The van der Waals surface area contributed by atoms with Crippen LogP contribution in [0.15, 0.2) is 59.9 Å². The van der Waals surface area contributed by atoms with Gasteiger partial charge in [-0.3, -0.25) is 19.6 Å². The van der Waals surface area contributed by atoms with E-state index in [1.807, 2.05) is 44.2 Å². The number of hydrogen-bond donors (Lipinski definition) is 0. The molecule has 2 heterocycles. The highest BCUT2D eigenvalue weighted by molar-refractivity contribution is 14.1. The van der Waals surface area contributed by atoms with Crippen LogP contribution in [0.4, 0.5) is 5.69 Å². The van der Waals surface area contributed by atoms with Gasteiger partial charge >= 0.3 is 11.9 Å². The van der Waals surface area contributed by atoms with E-state index in [1.165, 1.54) is 42.7 Å². The summed E-state index contributed by atoms with van der Waals surface area (Å²) in [6, 6.07) is 13.5. The Labute approximate surface area is 211 Å². The number of carbonyl (C=O) groups excluding carboxylic acids is 2. The van der Waals surface area contributed by atoms with Gasteiger partial charge in [-0.05, 0) is 28.5 Å². The minimum atomic E-state index is -1.22. The fourth-order valence-electron chi connectivity index (χ4n) is 2.18. The van der Waals surface area contributed by atoms with Gasteiger partial charge in [0.2, 0.25) is 0 Å². The summed E-state index contributed by atoms with van der Waals surface area (Å²) in [6.45, 7) is 9.88. The van der Waals surface area contributed by atoms with Crippen molar-refractivity contribution in [2.45, 2.75) is 53.4 Å². The van der Waals surface area contributed by atoms with E-state index in [4.69, 9.17) is 14.2 Å². The molecule has 1 aromatic carbocycles. The third kappa shape index (κ3) is 13.7. The second-order valence-corrected chi connectivity index (χ2v) is 7.90. The number of hydrogen-bond acceptors (Lipinski definition) is 7. The number of esters is 2. The molecule has 7 nitrogen and oxygen atoms in total. The maximum Gasteiger partial charge on any atom is 0.329 e. The highest BCUT2D eigenvalue weighted by Crippen LogP contribution is 2.22. The van der Waals surface area contributed by atoms with Crippen LogP contribution in [0.25, 0.3) is 0 Å². The first-order valence-corrected chi connectivity index (χ1v) is 12.3. The number of benzene rings is 1. The number of aliphatic imine (C=N–C) groups is 1. The Bertz CT molecular complexity index is 792. The van der Waals surface area contributed by atoms with Gasteiger partial charge in [-0.1, -0.05) is 73.7 Å². The van der Waals surface area contributed by atoms with E-state index < -0.39 is 23.6 Å². The number of carbonyl (C=O) groups is 2. The van der Waals surface area contributed by atoms with Crippen molar-refractivity contribution in [1.82, 2.24) is 4.98 Å². The van der Waals surface area contributed by atoms with Crippen molar-refractivity contribution in [2.75, 3.05) is 11.5 Å². The molecule has 1 fully saturated rings. The first kappa shape index (κ1) is 30.7. The van der Waals surface area contributed by atoms with Crippen molar-refractivity contribution in [2.24, 2.45) is 10.9 Å². The molecule has 2 aromatic rings. The van der Waals surface area contributed by atoms with Crippen molar-refractivity contribution >= 4 is 46.4 Å². The summed E-state index contributed by atoms with van der Waals surface area (Å²) < 4.78 is 16.1. The van der Waals surface area contributed by atoms with Gasteiger partial charge in [-0.25, -0.2) is 0 Å². The number of rotatable bonds is 5. The number of nitrogens with zero attached hydrogens (tertiary/aromatic N) is 2. The van der Waals surface area contributed by atoms with Crippen LogP contribution in [0.2, 0.25) is 0 Å². The molecule has 0 atom stereocenters. The second kappa shape index (κ2) is 18.1. The lowest BCUT2D eigenvalue weighted by Gasteiger charge is -2.31. The Kier molecular flexibility index (Phi) is 16.9. The Morgan fingerprint density at radius 1 is 1.09 bits per heavy atom. The molecule has 3 rings (SSSR count). The molecule has 1 aliphatic heterocycles. The first-order valence-electron chi connectivity index (χ1n) is 10.8. The number of halogens is 1. The molecule has 0 saturated carbocycles. The molecule has 182 valence electrons. The van der Waals surface area contributed by atoms with Gasteiger partial charge in [-0.15, -0.1) is 0 Å². The fourth-order valence-corrected chi connectivity index (χ4v) is 2.18. The normalized spacial score (nSPS) is 14.4. The quantitative estimate of drug-likeness (QED) is 0.146. The molecule has 1 saturated heterocycles. The van der Waals surface area contributed by atoms with E-state index in [1.54, 1.807) is 25.4 Å². The summed E-state index contributed by atoms with van der Waals surface area (Å²) in [4.78, 5) is 31.1. The largest absolute Gasteiger partial charge is 0.422 e. The van der Waals surface area contributed by atoms with E-state index in [9.17, 15) is 9.59 Å². The zero-order chi connectivity index (χ0) is 25.1. The van der Waals surface area contributed by atoms with Crippen molar-refractivity contribution < 1.29 is 23.8 Å². The predicted molar refractivity (Wildman–Crippen MR) is 140 cm³/mol. The Morgan fingerprint density at radius 3 is 2.12 bits per heavy atom. The van der Waals surface area contributed by atoms with Crippen LogP contribution < -0.4 is 0 Å². The van der Waals surface area contributed by atoms with Crippen molar-refractivity contribution in [3.63, 3.8) is 0 Å². The summed E-state index contributed by atoms with van der Waals surface area (Å²) in [7, 11) is 1.70. The molecular weight excluding hydrogens is 535 g/mol. The van der Waals surface area contributed by atoms with E-state index in [-0.39, 0.29) is 0 Å². The van der Waals surface area contributed by atoms with Gasteiger partial charge in [0.25, 0.3) is 5.79 Å². The smallest absolute Gasteiger partial charge is 0.329 e. The molecule has 1 aromatic heterocycles. The van der Waals surface area contributed by atoms with Crippen LogP contribution in [0, 0.1) is 5.92 Å². The van der Waals surface area contributed by atoms with E-state index in [2.05, 4.69) is 39.5 Å². The molecule has 33 heavy (non-hydrogen) atoms. The maximum atomic E-state index is 11.6. The van der Waals surface area contributed by atoms with Crippen LogP contribution >= 0.6 is 22.6 Å². The molecule has 0 aliphatic carbocycles. The van der Waals surface area contributed by atoms with E-state index in [0.29, 0.717) is 12.3 Å². The third-order valence-electron chi connectivity index (χ3n) is 3.56. The third-order valence-corrected chi connectivity index (χ3v) is 4.64. The Morgan fingerprint density at radius 2 is 1.67 bits per heavy atom. The maximum absolute atomic E-state index is 11.6. The summed E-state index contributed by atoms with van der Waals surface area (Å²) in [5.74, 6) is -3.67. The van der Waals surface area contributed by atoms with Crippen LogP contribution in [0.5, 0.6) is 0 Å². The average Bonchev–Trinajstić information content (AvgIpc) is 2.81. The molecule has 0 bridgehead atoms. The van der Waals surface area contributed by atoms with Crippen molar-refractivity contribution in [3.8, 4) is 0 Å². The highest BCUT2D eigenvalue weighted by atomic mass is 127. The standard InChI is InChI=1S/C12H12N2O4.C8H10O.C3H7I.C2H6/c1-12(2)17-10(15)9(11(16)18-12)7-14-8-4-3-5-13-6-8;1-9-7-8-5-3-2-4-6-8;1-2-3-4;1-2/h3-7,9H,1-2H3;2-6H,7H2,1H3;2-3H2,1H3;1-2H3. The lowest BCUT2D eigenvalue weighted by molar-refractivity contribution is -0.235. The number of aromatic nitrogens is 1. The Balaban J connectivity index is 0.000000569. The number of methoxy groups -OCH3 is 1. The van der Waals surface area contributed by atoms with E-state index in [0.717, 1.165) is 0 Å². The summed E-state index contributed by atoms with van der Waals surface area (Å²) in [6.07, 6.45) is 5.63. The zero-order valence-corrected chi connectivity index (χ0v) is 22.4. The molecule has 1 aliphatic rings. The second-order valence-electron chi connectivity index (χ2n) is 6.82. The SMILES string of the molecule is CC.CC1(C)OC(=O)C(C=Nc2cccnc2)C(=O)O1.CCCI.COCc1ccccc1. The van der Waals surface area contributed by atoms with Gasteiger partial charge in [0.1, 0.15) is 0 Å². The van der Waals surface area contributed by atoms with Crippen molar-refractivity contribution in [3.05, 3.63) is 60.4 Å². The minimum absolute atomic E-state index is 0.544. The van der Waals surface area contributed by atoms with Crippen molar-refractivity contribution in [1.29, 1.82) is 0 Å². The number of pyridine rings is 1. The Hall–Kier alpha value is -2.33. The summed E-state index contributed by atoms with van der Waals surface area (Å²) >= 11 is 2.35. The zero-order valence-electron chi connectivity index (χ0n) is 20.3. The number of alkyl halides is 1. The lowest BCUT2D eigenvalue weighted by Crippen LogP contribution is -2.46.